The highest BCUT2D eigenvalue weighted by atomic mass is 35.5. The third kappa shape index (κ3) is 5.47. The normalized spacial score (nSPS) is 10.1. The molecule has 2 amide bonds. The molecule has 0 aliphatic carbocycles. The highest BCUT2D eigenvalue weighted by Gasteiger charge is 2.09. The lowest BCUT2D eigenvalue weighted by molar-refractivity contribution is -0.114. The van der Waals surface area contributed by atoms with E-state index in [2.05, 4.69) is 10.6 Å². The molecule has 0 saturated heterocycles. The molecule has 2 aromatic rings. The fourth-order valence-corrected chi connectivity index (χ4v) is 2.72. The molecule has 0 unspecified atom stereocenters. The minimum Gasteiger partial charge on any atom is -0.495 e. The highest BCUT2D eigenvalue weighted by Crippen LogP contribution is 2.23. The van der Waals surface area contributed by atoms with Crippen molar-refractivity contribution >= 4 is 46.6 Å². The van der Waals surface area contributed by atoms with Crippen LogP contribution in [0.2, 0.25) is 5.02 Å². The average Bonchev–Trinajstić information content (AvgIpc) is 2.57. The van der Waals surface area contributed by atoms with Gasteiger partial charge in [0.15, 0.2) is 0 Å². The van der Waals surface area contributed by atoms with Crippen LogP contribution in [0.3, 0.4) is 0 Å². The molecule has 2 rings (SSSR count). The van der Waals surface area contributed by atoms with E-state index in [1.54, 1.807) is 43.5 Å². The van der Waals surface area contributed by atoms with Gasteiger partial charge in [-0.15, -0.1) is 11.8 Å². The van der Waals surface area contributed by atoms with Gasteiger partial charge in [0.25, 0.3) is 0 Å². The second kappa shape index (κ2) is 9.20. The van der Waals surface area contributed by atoms with Crippen molar-refractivity contribution in [2.24, 2.45) is 0 Å². The summed E-state index contributed by atoms with van der Waals surface area (Å²) in [5, 5.41) is 5.94. The maximum Gasteiger partial charge on any atom is 0.234 e. The first-order chi connectivity index (χ1) is 11.6. The number of ether oxygens (including phenoxy) is 1. The number of hydrogen-bond acceptors (Lipinski definition) is 4. The van der Waals surface area contributed by atoms with Crippen LogP contribution in [0.5, 0.6) is 5.75 Å². The first-order valence-electron chi connectivity index (χ1n) is 7.15. The van der Waals surface area contributed by atoms with Gasteiger partial charge in [0.2, 0.25) is 11.8 Å². The van der Waals surface area contributed by atoms with Crippen LogP contribution < -0.4 is 15.4 Å². The molecule has 0 bridgehead atoms. The van der Waals surface area contributed by atoms with E-state index < -0.39 is 0 Å². The van der Waals surface area contributed by atoms with Gasteiger partial charge in [-0.1, -0.05) is 35.9 Å². The maximum atomic E-state index is 11.9. The number of anilines is 2. The number of para-hydroxylation sites is 3. The van der Waals surface area contributed by atoms with E-state index in [1.807, 2.05) is 12.1 Å². The fourth-order valence-electron chi connectivity index (χ4n) is 1.92. The minimum atomic E-state index is -0.210. The molecule has 7 heteroatoms. The fraction of sp³-hybridized carbons (Fsp3) is 0.176. The van der Waals surface area contributed by atoms with Gasteiger partial charge in [-0.05, 0) is 24.3 Å². The number of amides is 2. The number of thioether (sulfide) groups is 1. The molecule has 0 saturated carbocycles. The quantitative estimate of drug-likeness (QED) is 0.786. The van der Waals surface area contributed by atoms with E-state index in [0.29, 0.717) is 22.1 Å². The van der Waals surface area contributed by atoms with E-state index in [0.717, 1.165) is 0 Å². The minimum absolute atomic E-state index is 0.157. The molecule has 0 atom stereocenters. The topological polar surface area (TPSA) is 67.4 Å². The van der Waals surface area contributed by atoms with Crippen molar-refractivity contribution in [3.8, 4) is 5.75 Å². The van der Waals surface area contributed by atoms with Gasteiger partial charge in [0.1, 0.15) is 5.75 Å². The van der Waals surface area contributed by atoms with Gasteiger partial charge in [0, 0.05) is 0 Å². The zero-order valence-corrected chi connectivity index (χ0v) is 14.6. The standard InChI is InChI=1S/C17H17ClN2O3S/c1-23-15-9-5-4-8-14(15)20-17(22)11-24-10-16(21)19-13-7-3-2-6-12(13)18/h2-9H,10-11H2,1H3,(H,19,21)(H,20,22). The summed E-state index contributed by atoms with van der Waals surface area (Å²) in [6, 6.07) is 14.1. The predicted octanol–water partition coefficient (Wildman–Crippen LogP) is 3.66. The van der Waals surface area contributed by atoms with Crippen molar-refractivity contribution in [2.45, 2.75) is 0 Å². The second-order valence-electron chi connectivity index (χ2n) is 4.77. The lowest BCUT2D eigenvalue weighted by atomic mass is 10.3. The Morgan fingerprint density at radius 1 is 0.958 bits per heavy atom. The van der Waals surface area contributed by atoms with Crippen LogP contribution in [0.25, 0.3) is 0 Å². The van der Waals surface area contributed by atoms with Crippen LogP contribution in [0.4, 0.5) is 11.4 Å². The van der Waals surface area contributed by atoms with Crippen LogP contribution in [-0.2, 0) is 9.59 Å². The molecule has 5 nitrogen and oxygen atoms in total. The third-order valence-electron chi connectivity index (χ3n) is 3.00. The van der Waals surface area contributed by atoms with Crippen molar-refractivity contribution < 1.29 is 14.3 Å². The summed E-state index contributed by atoms with van der Waals surface area (Å²) in [6.45, 7) is 0. The Morgan fingerprint density at radius 2 is 1.50 bits per heavy atom. The van der Waals surface area contributed by atoms with Crippen LogP contribution >= 0.6 is 23.4 Å². The molecule has 0 aromatic heterocycles. The summed E-state index contributed by atoms with van der Waals surface area (Å²) in [4.78, 5) is 23.8. The Labute approximate surface area is 149 Å². The predicted molar refractivity (Wildman–Crippen MR) is 99.0 cm³/mol. The number of carbonyl (C=O) groups is 2. The highest BCUT2D eigenvalue weighted by molar-refractivity contribution is 8.00. The Morgan fingerprint density at radius 3 is 2.12 bits per heavy atom. The van der Waals surface area contributed by atoms with Crippen molar-refractivity contribution in [1.29, 1.82) is 0 Å². The van der Waals surface area contributed by atoms with Gasteiger partial charge in [-0.3, -0.25) is 9.59 Å². The van der Waals surface area contributed by atoms with E-state index in [4.69, 9.17) is 16.3 Å². The van der Waals surface area contributed by atoms with Gasteiger partial charge in [-0.2, -0.15) is 0 Å². The first-order valence-corrected chi connectivity index (χ1v) is 8.68. The largest absolute Gasteiger partial charge is 0.495 e. The Hall–Kier alpha value is -2.18. The van der Waals surface area contributed by atoms with E-state index >= 15 is 0 Å². The first kappa shape index (κ1) is 18.2. The van der Waals surface area contributed by atoms with Crippen LogP contribution in [-0.4, -0.2) is 30.4 Å². The maximum absolute atomic E-state index is 11.9. The van der Waals surface area contributed by atoms with Crippen LogP contribution in [0.15, 0.2) is 48.5 Å². The lowest BCUT2D eigenvalue weighted by Crippen LogP contribution is -2.18. The zero-order chi connectivity index (χ0) is 17.4. The molecule has 0 fully saturated rings. The molecular weight excluding hydrogens is 348 g/mol. The van der Waals surface area contributed by atoms with Gasteiger partial charge >= 0.3 is 0 Å². The Bertz CT molecular complexity index is 724. The average molecular weight is 365 g/mol. The van der Waals surface area contributed by atoms with Crippen molar-refractivity contribution in [2.75, 3.05) is 29.2 Å². The van der Waals surface area contributed by atoms with Gasteiger partial charge in [-0.25, -0.2) is 0 Å². The summed E-state index contributed by atoms with van der Waals surface area (Å²) in [5.41, 5.74) is 1.16. The number of carbonyl (C=O) groups excluding carboxylic acids is 2. The second-order valence-corrected chi connectivity index (χ2v) is 6.16. The summed E-state index contributed by atoms with van der Waals surface area (Å²) in [7, 11) is 1.54. The van der Waals surface area contributed by atoms with Crippen LogP contribution in [0, 0.1) is 0 Å². The molecule has 24 heavy (non-hydrogen) atoms. The van der Waals surface area contributed by atoms with Crippen LogP contribution in [0.1, 0.15) is 0 Å². The molecule has 0 heterocycles. The molecule has 2 aromatic carbocycles. The number of hydrogen-bond donors (Lipinski definition) is 2. The Balaban J connectivity index is 1.76. The molecule has 2 N–H and O–H groups in total. The molecule has 126 valence electrons. The molecule has 0 aliphatic rings. The molecule has 0 radical (unpaired) electrons. The van der Waals surface area contributed by atoms with Crippen molar-refractivity contribution in [3.63, 3.8) is 0 Å². The number of nitrogens with one attached hydrogen (secondary N) is 2. The number of methoxy groups -OCH3 is 1. The number of benzene rings is 2. The van der Waals surface area contributed by atoms with Gasteiger partial charge < -0.3 is 15.4 Å². The van der Waals surface area contributed by atoms with E-state index in [-0.39, 0.29) is 23.3 Å². The molecular formula is C17H17ClN2O3S. The smallest absolute Gasteiger partial charge is 0.234 e. The summed E-state index contributed by atoms with van der Waals surface area (Å²) < 4.78 is 5.17. The third-order valence-corrected chi connectivity index (χ3v) is 4.26. The number of halogens is 1. The van der Waals surface area contributed by atoms with E-state index in [9.17, 15) is 9.59 Å². The van der Waals surface area contributed by atoms with E-state index in [1.165, 1.54) is 11.8 Å². The van der Waals surface area contributed by atoms with Crippen molar-refractivity contribution in [1.82, 2.24) is 0 Å². The summed E-state index contributed by atoms with van der Waals surface area (Å²) >= 11 is 7.19. The summed E-state index contributed by atoms with van der Waals surface area (Å²) in [5.74, 6) is 0.499. The number of rotatable bonds is 7. The monoisotopic (exact) mass is 364 g/mol. The van der Waals surface area contributed by atoms with Crippen molar-refractivity contribution in [3.05, 3.63) is 53.6 Å². The van der Waals surface area contributed by atoms with Gasteiger partial charge in [0.05, 0.1) is 35.0 Å². The SMILES string of the molecule is COc1ccccc1NC(=O)CSCC(=O)Nc1ccccc1Cl. The zero-order valence-electron chi connectivity index (χ0n) is 13.0. The summed E-state index contributed by atoms with van der Waals surface area (Å²) in [6.07, 6.45) is 0. The molecule has 0 aliphatic heterocycles. The Kier molecular flexibility index (Phi) is 6.96. The molecule has 0 spiro atoms. The lowest BCUT2D eigenvalue weighted by Gasteiger charge is -2.10.